The number of aromatic nitrogens is 4. The molecule has 2 atom stereocenters. The molecule has 0 unspecified atom stereocenters. The fraction of sp³-hybridized carbons (Fsp3) is 0.450. The average Bonchev–Trinajstić information content (AvgIpc) is 3.19. The standard InChI is InChI=1S/C20H26N6O3/c1-28-8-7-21-19-18-20(23-13-22-19)26(14-24-18)17-11-25(10-16(12-27)29-17)9-15-5-3-2-4-6-15/h2-6,13-14,16-17,27H,7-12H2,1H3,(H,21,22,23)/t16-,17+/m0/s1. The van der Waals surface area contributed by atoms with E-state index in [1.807, 2.05) is 22.8 Å². The molecule has 0 spiro atoms. The van der Waals surface area contributed by atoms with E-state index in [-0.39, 0.29) is 18.9 Å². The van der Waals surface area contributed by atoms with Gasteiger partial charge in [-0.1, -0.05) is 30.3 Å². The molecule has 1 fully saturated rings. The van der Waals surface area contributed by atoms with Crippen molar-refractivity contribution >= 4 is 17.0 Å². The maximum Gasteiger partial charge on any atom is 0.167 e. The zero-order valence-corrected chi connectivity index (χ0v) is 16.4. The largest absolute Gasteiger partial charge is 0.394 e. The van der Waals surface area contributed by atoms with Crippen LogP contribution >= 0.6 is 0 Å². The van der Waals surface area contributed by atoms with Gasteiger partial charge in [0.05, 0.1) is 25.6 Å². The van der Waals surface area contributed by atoms with Crippen molar-refractivity contribution in [1.82, 2.24) is 24.4 Å². The Bertz CT molecular complexity index is 919. The van der Waals surface area contributed by atoms with Gasteiger partial charge < -0.3 is 19.9 Å². The summed E-state index contributed by atoms with van der Waals surface area (Å²) in [6.45, 7) is 3.31. The molecule has 0 bridgehead atoms. The minimum absolute atomic E-state index is 0.0345. The third-order valence-corrected chi connectivity index (χ3v) is 4.95. The molecular formula is C20H26N6O3. The van der Waals surface area contributed by atoms with Crippen LogP contribution in [0.3, 0.4) is 0 Å². The maximum atomic E-state index is 9.74. The van der Waals surface area contributed by atoms with Gasteiger partial charge in [0.15, 0.2) is 17.0 Å². The van der Waals surface area contributed by atoms with Gasteiger partial charge in [-0.2, -0.15) is 0 Å². The third-order valence-electron chi connectivity index (χ3n) is 4.95. The van der Waals surface area contributed by atoms with Crippen LogP contribution < -0.4 is 5.32 Å². The number of imidazole rings is 1. The monoisotopic (exact) mass is 398 g/mol. The predicted molar refractivity (Wildman–Crippen MR) is 108 cm³/mol. The first-order valence-electron chi connectivity index (χ1n) is 9.71. The van der Waals surface area contributed by atoms with E-state index in [2.05, 4.69) is 37.3 Å². The van der Waals surface area contributed by atoms with Crippen molar-refractivity contribution < 1.29 is 14.6 Å². The van der Waals surface area contributed by atoms with Crippen LogP contribution in [0, 0.1) is 0 Å². The number of methoxy groups -OCH3 is 1. The molecule has 29 heavy (non-hydrogen) atoms. The summed E-state index contributed by atoms with van der Waals surface area (Å²) in [5.41, 5.74) is 2.61. The van der Waals surface area contributed by atoms with Gasteiger partial charge >= 0.3 is 0 Å². The SMILES string of the molecule is COCCNc1ncnc2c1ncn2[C@H]1CN(Cc2ccccc2)C[C@@H](CO)O1. The Hall–Kier alpha value is -2.59. The summed E-state index contributed by atoms with van der Waals surface area (Å²) in [5.74, 6) is 0.668. The lowest BCUT2D eigenvalue weighted by molar-refractivity contribution is -0.135. The van der Waals surface area contributed by atoms with Gasteiger partial charge in [0.25, 0.3) is 0 Å². The molecule has 4 rings (SSSR count). The highest BCUT2D eigenvalue weighted by Crippen LogP contribution is 2.26. The van der Waals surface area contributed by atoms with Gasteiger partial charge in [-0.05, 0) is 5.56 Å². The van der Waals surface area contributed by atoms with Crippen molar-refractivity contribution in [3.8, 4) is 0 Å². The second-order valence-corrected chi connectivity index (χ2v) is 7.04. The lowest BCUT2D eigenvalue weighted by atomic mass is 10.2. The zero-order valence-electron chi connectivity index (χ0n) is 16.4. The van der Waals surface area contributed by atoms with E-state index < -0.39 is 0 Å². The molecule has 3 heterocycles. The topological polar surface area (TPSA) is 97.6 Å². The molecule has 2 aromatic heterocycles. The lowest BCUT2D eigenvalue weighted by Gasteiger charge is -2.37. The fourth-order valence-electron chi connectivity index (χ4n) is 3.58. The van der Waals surface area contributed by atoms with Crippen molar-refractivity contribution in [2.24, 2.45) is 0 Å². The van der Waals surface area contributed by atoms with E-state index in [0.717, 1.165) is 6.54 Å². The summed E-state index contributed by atoms with van der Waals surface area (Å²) in [6, 6.07) is 10.3. The number of ether oxygens (including phenoxy) is 2. The van der Waals surface area contributed by atoms with E-state index >= 15 is 0 Å². The summed E-state index contributed by atoms with van der Waals surface area (Å²) in [6.07, 6.45) is 2.68. The molecule has 1 aliphatic rings. The molecule has 1 aliphatic heterocycles. The van der Waals surface area contributed by atoms with E-state index in [1.165, 1.54) is 11.9 Å². The second-order valence-electron chi connectivity index (χ2n) is 7.04. The summed E-state index contributed by atoms with van der Waals surface area (Å²) in [7, 11) is 1.66. The molecule has 0 amide bonds. The van der Waals surface area contributed by atoms with Gasteiger partial charge in [0.1, 0.15) is 12.6 Å². The van der Waals surface area contributed by atoms with Crippen LogP contribution in [-0.4, -0.2) is 75.6 Å². The van der Waals surface area contributed by atoms with Crippen molar-refractivity contribution in [2.45, 2.75) is 18.9 Å². The number of hydrogen-bond donors (Lipinski definition) is 2. The molecule has 9 nitrogen and oxygen atoms in total. The van der Waals surface area contributed by atoms with E-state index in [9.17, 15) is 5.11 Å². The minimum Gasteiger partial charge on any atom is -0.394 e. The number of aliphatic hydroxyl groups excluding tert-OH is 1. The number of nitrogens with one attached hydrogen (secondary N) is 1. The molecule has 154 valence electrons. The molecule has 3 aromatic rings. The molecule has 0 saturated carbocycles. The van der Waals surface area contributed by atoms with Crippen LogP contribution in [0.4, 0.5) is 5.82 Å². The highest BCUT2D eigenvalue weighted by atomic mass is 16.5. The zero-order chi connectivity index (χ0) is 20.1. The van der Waals surface area contributed by atoms with Crippen LogP contribution in [0.1, 0.15) is 11.8 Å². The summed E-state index contributed by atoms with van der Waals surface area (Å²) in [5, 5.41) is 13.0. The number of benzene rings is 1. The summed E-state index contributed by atoms with van der Waals surface area (Å²) < 4.78 is 13.1. The van der Waals surface area contributed by atoms with Gasteiger partial charge in [0.2, 0.25) is 0 Å². The number of aliphatic hydroxyl groups is 1. The normalized spacial score (nSPS) is 20.2. The number of hydrogen-bond acceptors (Lipinski definition) is 8. The highest BCUT2D eigenvalue weighted by molar-refractivity contribution is 5.82. The number of nitrogens with zero attached hydrogens (tertiary/aromatic N) is 5. The number of anilines is 1. The van der Waals surface area contributed by atoms with Crippen molar-refractivity contribution in [3.63, 3.8) is 0 Å². The number of morpholine rings is 1. The van der Waals surface area contributed by atoms with Crippen LogP contribution in [0.25, 0.3) is 11.2 Å². The Morgan fingerprint density at radius 3 is 2.86 bits per heavy atom. The first-order chi connectivity index (χ1) is 14.3. The Morgan fingerprint density at radius 1 is 1.21 bits per heavy atom. The maximum absolute atomic E-state index is 9.74. The Balaban J connectivity index is 1.56. The van der Waals surface area contributed by atoms with Gasteiger partial charge in [0, 0.05) is 33.3 Å². The van der Waals surface area contributed by atoms with E-state index in [1.54, 1.807) is 13.4 Å². The molecule has 0 aliphatic carbocycles. The first kappa shape index (κ1) is 19.7. The van der Waals surface area contributed by atoms with Crippen molar-refractivity contribution in [3.05, 3.63) is 48.5 Å². The summed E-state index contributed by atoms with van der Waals surface area (Å²) in [4.78, 5) is 15.5. The fourth-order valence-corrected chi connectivity index (χ4v) is 3.58. The minimum atomic E-state index is -0.295. The number of fused-ring (bicyclic) bond motifs is 1. The van der Waals surface area contributed by atoms with Crippen molar-refractivity contribution in [1.29, 1.82) is 0 Å². The molecular weight excluding hydrogens is 372 g/mol. The van der Waals surface area contributed by atoms with Gasteiger partial charge in [-0.3, -0.25) is 9.47 Å². The molecule has 0 radical (unpaired) electrons. The Kier molecular flexibility index (Phi) is 6.30. The van der Waals surface area contributed by atoms with Gasteiger partial charge in [-0.25, -0.2) is 15.0 Å². The van der Waals surface area contributed by atoms with Crippen molar-refractivity contribution in [2.75, 3.05) is 45.3 Å². The molecule has 2 N–H and O–H groups in total. The van der Waals surface area contributed by atoms with Crippen LogP contribution in [0.2, 0.25) is 0 Å². The average molecular weight is 398 g/mol. The lowest BCUT2D eigenvalue weighted by Crippen LogP contribution is -2.46. The highest BCUT2D eigenvalue weighted by Gasteiger charge is 2.30. The third kappa shape index (κ3) is 4.54. The Morgan fingerprint density at radius 2 is 2.07 bits per heavy atom. The molecule has 9 heteroatoms. The van der Waals surface area contributed by atoms with Crippen LogP contribution in [0.5, 0.6) is 0 Å². The summed E-state index contributed by atoms with van der Waals surface area (Å²) >= 11 is 0. The predicted octanol–water partition coefficient (Wildman–Crippen LogP) is 1.28. The van der Waals surface area contributed by atoms with Gasteiger partial charge in [-0.15, -0.1) is 0 Å². The quantitative estimate of drug-likeness (QED) is 0.548. The second kappa shape index (κ2) is 9.27. The van der Waals surface area contributed by atoms with E-state index in [4.69, 9.17) is 9.47 Å². The molecule has 1 aromatic carbocycles. The smallest absolute Gasteiger partial charge is 0.167 e. The Labute approximate surface area is 169 Å². The number of rotatable bonds is 8. The van der Waals surface area contributed by atoms with E-state index in [0.29, 0.717) is 43.2 Å². The van der Waals surface area contributed by atoms with Crippen LogP contribution in [0.15, 0.2) is 43.0 Å². The first-order valence-corrected chi connectivity index (χ1v) is 9.71. The van der Waals surface area contributed by atoms with Crippen LogP contribution in [-0.2, 0) is 16.0 Å². The molecule has 1 saturated heterocycles.